The number of hydrogen-bond acceptors (Lipinski definition) is 6. The molecule has 0 saturated carbocycles. The van der Waals surface area contributed by atoms with Gasteiger partial charge in [0.1, 0.15) is 25.2 Å². The van der Waals surface area contributed by atoms with Crippen molar-refractivity contribution < 1.29 is 9.53 Å². The first-order valence-electron chi connectivity index (χ1n) is 7.80. The molecule has 1 aromatic carbocycles. The largest absolute Gasteiger partial charge is 0.492 e. The molecule has 24 heavy (non-hydrogen) atoms. The molecule has 0 radical (unpaired) electrons. The third-order valence-electron chi connectivity index (χ3n) is 3.90. The molecular formula is C15H19ClN6O2. The fourth-order valence-electron chi connectivity index (χ4n) is 2.54. The highest BCUT2D eigenvalue weighted by Gasteiger charge is 2.21. The lowest BCUT2D eigenvalue weighted by Gasteiger charge is -2.34. The molecule has 1 amide bonds. The number of tetrazole rings is 1. The number of carbonyl (C=O) groups excluding carboxylic acids is 1. The molecule has 1 fully saturated rings. The second-order valence-electron chi connectivity index (χ2n) is 5.53. The van der Waals surface area contributed by atoms with Gasteiger partial charge in [-0.25, -0.2) is 4.68 Å². The van der Waals surface area contributed by atoms with Crippen molar-refractivity contribution >= 4 is 17.5 Å². The lowest BCUT2D eigenvalue weighted by Crippen LogP contribution is -2.50. The van der Waals surface area contributed by atoms with Gasteiger partial charge in [-0.15, -0.1) is 5.10 Å². The fourth-order valence-corrected chi connectivity index (χ4v) is 2.66. The summed E-state index contributed by atoms with van der Waals surface area (Å²) in [7, 11) is 0. The average Bonchev–Trinajstić information content (AvgIpc) is 3.10. The summed E-state index contributed by atoms with van der Waals surface area (Å²) in [5.74, 6) is 0.856. The first-order valence-corrected chi connectivity index (χ1v) is 8.18. The van der Waals surface area contributed by atoms with Crippen molar-refractivity contribution in [3.63, 3.8) is 0 Å². The summed E-state index contributed by atoms with van der Waals surface area (Å²) in [6, 6.07) is 7.34. The predicted octanol–water partition coefficient (Wildman–Crippen LogP) is 0.550. The van der Waals surface area contributed by atoms with Crippen LogP contribution in [0.2, 0.25) is 5.02 Å². The molecule has 3 rings (SSSR count). The number of aromatic nitrogens is 4. The highest BCUT2D eigenvalue weighted by molar-refractivity contribution is 6.30. The zero-order chi connectivity index (χ0) is 16.8. The van der Waals surface area contributed by atoms with Crippen molar-refractivity contribution in [1.29, 1.82) is 0 Å². The van der Waals surface area contributed by atoms with Crippen LogP contribution in [0.15, 0.2) is 30.6 Å². The van der Waals surface area contributed by atoms with Gasteiger partial charge in [-0.05, 0) is 34.7 Å². The Hall–Kier alpha value is -2.19. The Kier molecular flexibility index (Phi) is 5.60. The highest BCUT2D eigenvalue weighted by Crippen LogP contribution is 2.15. The molecule has 0 atom stereocenters. The topological polar surface area (TPSA) is 76.4 Å². The maximum absolute atomic E-state index is 12.2. The quantitative estimate of drug-likeness (QED) is 0.757. The third-order valence-corrected chi connectivity index (χ3v) is 4.16. The van der Waals surface area contributed by atoms with Gasteiger partial charge in [-0.3, -0.25) is 9.69 Å². The minimum Gasteiger partial charge on any atom is -0.492 e. The summed E-state index contributed by atoms with van der Waals surface area (Å²) < 4.78 is 7.14. The molecule has 0 aliphatic carbocycles. The normalized spacial score (nSPS) is 15.5. The summed E-state index contributed by atoms with van der Waals surface area (Å²) in [6.07, 6.45) is 1.45. The van der Waals surface area contributed by atoms with Crippen LogP contribution >= 0.6 is 11.6 Å². The fraction of sp³-hybridized carbons (Fsp3) is 0.467. The van der Waals surface area contributed by atoms with E-state index in [2.05, 4.69) is 20.4 Å². The van der Waals surface area contributed by atoms with E-state index >= 15 is 0 Å². The Bertz CT molecular complexity index is 640. The molecule has 0 unspecified atom stereocenters. The Morgan fingerprint density at radius 3 is 2.58 bits per heavy atom. The molecule has 1 aliphatic rings. The lowest BCUT2D eigenvalue weighted by atomic mass is 10.3. The number of piperazine rings is 1. The van der Waals surface area contributed by atoms with Crippen LogP contribution in [0.5, 0.6) is 5.75 Å². The van der Waals surface area contributed by atoms with Crippen molar-refractivity contribution in [2.75, 3.05) is 39.3 Å². The second kappa shape index (κ2) is 8.07. The lowest BCUT2D eigenvalue weighted by molar-refractivity contribution is -0.133. The van der Waals surface area contributed by atoms with E-state index in [1.165, 1.54) is 11.0 Å². The van der Waals surface area contributed by atoms with Crippen LogP contribution in [-0.2, 0) is 11.3 Å². The van der Waals surface area contributed by atoms with Gasteiger partial charge in [0, 0.05) is 37.7 Å². The number of amides is 1. The molecule has 1 aromatic heterocycles. The van der Waals surface area contributed by atoms with E-state index in [0.29, 0.717) is 24.7 Å². The highest BCUT2D eigenvalue weighted by atomic mass is 35.5. The molecule has 9 heteroatoms. The number of benzene rings is 1. The SMILES string of the molecule is O=C(Cn1cnnn1)N1CCN(CCOc2ccc(Cl)cc2)CC1. The molecule has 0 spiro atoms. The standard InChI is InChI=1S/C15H19ClN6O2/c16-13-1-3-14(4-2-13)24-10-9-20-5-7-21(8-6-20)15(23)11-22-12-17-18-19-22/h1-4,12H,5-11H2. The minimum atomic E-state index is 0.0411. The van der Waals surface area contributed by atoms with Gasteiger partial charge in [0.15, 0.2) is 0 Å². The van der Waals surface area contributed by atoms with Gasteiger partial charge in [0.2, 0.25) is 5.91 Å². The van der Waals surface area contributed by atoms with E-state index in [1.807, 2.05) is 29.2 Å². The van der Waals surface area contributed by atoms with Crippen molar-refractivity contribution in [2.24, 2.45) is 0 Å². The zero-order valence-corrected chi connectivity index (χ0v) is 14.0. The molecule has 128 valence electrons. The third kappa shape index (κ3) is 4.65. The first kappa shape index (κ1) is 16.7. The van der Waals surface area contributed by atoms with Gasteiger partial charge in [-0.2, -0.15) is 0 Å². The van der Waals surface area contributed by atoms with Crippen LogP contribution in [0.3, 0.4) is 0 Å². The molecule has 0 bridgehead atoms. The minimum absolute atomic E-state index is 0.0411. The number of hydrogen-bond donors (Lipinski definition) is 0. The summed E-state index contributed by atoms with van der Waals surface area (Å²) in [5.41, 5.74) is 0. The number of carbonyl (C=O) groups is 1. The maximum Gasteiger partial charge on any atom is 0.244 e. The molecule has 1 saturated heterocycles. The Labute approximate surface area is 144 Å². The monoisotopic (exact) mass is 350 g/mol. The van der Waals surface area contributed by atoms with Crippen molar-refractivity contribution in [2.45, 2.75) is 6.54 Å². The van der Waals surface area contributed by atoms with E-state index < -0.39 is 0 Å². The maximum atomic E-state index is 12.2. The molecule has 8 nitrogen and oxygen atoms in total. The number of halogens is 1. The number of ether oxygens (including phenoxy) is 1. The van der Waals surface area contributed by atoms with Gasteiger partial charge in [0.05, 0.1) is 0 Å². The summed E-state index contributed by atoms with van der Waals surface area (Å²) in [4.78, 5) is 16.3. The predicted molar refractivity (Wildman–Crippen MR) is 87.8 cm³/mol. The average molecular weight is 351 g/mol. The molecule has 0 N–H and O–H groups in total. The van der Waals surface area contributed by atoms with Gasteiger partial charge < -0.3 is 9.64 Å². The molecule has 2 aromatic rings. The molecule has 2 heterocycles. The first-order chi connectivity index (χ1) is 11.7. The van der Waals surface area contributed by atoms with E-state index in [-0.39, 0.29) is 12.5 Å². The molecular weight excluding hydrogens is 332 g/mol. The van der Waals surface area contributed by atoms with Gasteiger partial charge in [0.25, 0.3) is 0 Å². The van der Waals surface area contributed by atoms with Gasteiger partial charge >= 0.3 is 0 Å². The van der Waals surface area contributed by atoms with Crippen LogP contribution < -0.4 is 4.74 Å². The van der Waals surface area contributed by atoms with Crippen LogP contribution in [0.25, 0.3) is 0 Å². The van der Waals surface area contributed by atoms with E-state index in [1.54, 1.807) is 0 Å². The van der Waals surface area contributed by atoms with Crippen LogP contribution in [0.4, 0.5) is 0 Å². The Balaban J connectivity index is 1.36. The van der Waals surface area contributed by atoms with Crippen LogP contribution in [0.1, 0.15) is 0 Å². The summed E-state index contributed by atoms with van der Waals surface area (Å²) in [6.45, 7) is 4.73. The van der Waals surface area contributed by atoms with Crippen LogP contribution in [-0.4, -0.2) is 75.2 Å². The van der Waals surface area contributed by atoms with E-state index in [0.717, 1.165) is 25.4 Å². The Morgan fingerprint density at radius 1 is 1.17 bits per heavy atom. The van der Waals surface area contributed by atoms with E-state index in [4.69, 9.17) is 16.3 Å². The number of nitrogens with zero attached hydrogens (tertiary/aromatic N) is 6. The Morgan fingerprint density at radius 2 is 1.92 bits per heavy atom. The molecule has 1 aliphatic heterocycles. The number of rotatable bonds is 6. The van der Waals surface area contributed by atoms with Crippen molar-refractivity contribution in [3.8, 4) is 5.75 Å². The second-order valence-corrected chi connectivity index (χ2v) is 5.97. The van der Waals surface area contributed by atoms with Crippen molar-refractivity contribution in [3.05, 3.63) is 35.6 Å². The summed E-state index contributed by atoms with van der Waals surface area (Å²) in [5, 5.41) is 11.5. The van der Waals surface area contributed by atoms with Crippen LogP contribution in [0, 0.1) is 0 Å². The van der Waals surface area contributed by atoms with Crippen molar-refractivity contribution in [1.82, 2.24) is 30.0 Å². The van der Waals surface area contributed by atoms with E-state index in [9.17, 15) is 4.79 Å². The van der Waals surface area contributed by atoms with Gasteiger partial charge in [-0.1, -0.05) is 11.6 Å². The smallest absolute Gasteiger partial charge is 0.244 e. The zero-order valence-electron chi connectivity index (χ0n) is 13.2. The summed E-state index contributed by atoms with van der Waals surface area (Å²) >= 11 is 5.84.